The van der Waals surface area contributed by atoms with E-state index in [9.17, 15) is 9.90 Å². The number of amides is 1. The second-order valence-corrected chi connectivity index (χ2v) is 9.53. The van der Waals surface area contributed by atoms with Crippen molar-refractivity contribution >= 4 is 5.91 Å². The highest BCUT2D eigenvalue weighted by Gasteiger charge is 2.18. The topological polar surface area (TPSA) is 106 Å². The van der Waals surface area contributed by atoms with E-state index in [0.717, 1.165) is 36.5 Å². The summed E-state index contributed by atoms with van der Waals surface area (Å²) in [4.78, 5) is 32.8. The molecular formula is C29H40N6O3. The van der Waals surface area contributed by atoms with E-state index in [1.165, 1.54) is 0 Å². The maximum Gasteiger partial charge on any atom is 0.236 e. The van der Waals surface area contributed by atoms with Crippen LogP contribution in [0, 0.1) is 0 Å². The third kappa shape index (κ3) is 11.0. The predicted molar refractivity (Wildman–Crippen MR) is 147 cm³/mol. The lowest BCUT2D eigenvalue weighted by atomic mass is 10.1. The van der Waals surface area contributed by atoms with Gasteiger partial charge in [-0.2, -0.15) is 0 Å². The molecular weight excluding hydrogens is 480 g/mol. The number of nitrogens with zero attached hydrogens (tertiary/aromatic N) is 6. The van der Waals surface area contributed by atoms with Crippen molar-refractivity contribution in [1.82, 2.24) is 29.7 Å². The summed E-state index contributed by atoms with van der Waals surface area (Å²) in [7, 11) is 1.82. The first-order valence-electron chi connectivity index (χ1n) is 13.2. The number of hydrogen-bond donors (Lipinski definition) is 2. The first-order valence-corrected chi connectivity index (χ1v) is 13.2. The summed E-state index contributed by atoms with van der Waals surface area (Å²) < 4.78 is 0. The molecule has 0 saturated heterocycles. The predicted octanol–water partition coefficient (Wildman–Crippen LogP) is 2.36. The summed E-state index contributed by atoms with van der Waals surface area (Å²) in [6, 6.07) is 17.7. The number of carbonyl (C=O) groups is 1. The standard InChI is InChI=1S/C29H40N6O3/c1-33(17-9-5-13-28(37)24-36)29(38)23-35(22-27-12-4-8-16-32-27)19-18-34(20-25-10-2-6-14-30-25)21-26-11-3-7-15-31-26/h2-4,6-8,10-12,14-16,28,36-37H,5,9,13,17-24H2,1H3. The minimum atomic E-state index is -0.690. The highest BCUT2D eigenvalue weighted by Crippen LogP contribution is 2.09. The Kier molecular flexibility index (Phi) is 12.8. The van der Waals surface area contributed by atoms with Crippen LogP contribution in [-0.2, 0) is 24.4 Å². The molecule has 2 N–H and O–H groups in total. The first kappa shape index (κ1) is 29.3. The van der Waals surface area contributed by atoms with Crippen LogP contribution in [0.4, 0.5) is 0 Å². The summed E-state index contributed by atoms with van der Waals surface area (Å²) >= 11 is 0. The number of aliphatic hydroxyl groups excluding tert-OH is 2. The molecule has 1 unspecified atom stereocenters. The molecule has 0 bridgehead atoms. The van der Waals surface area contributed by atoms with Crippen LogP contribution in [0.3, 0.4) is 0 Å². The lowest BCUT2D eigenvalue weighted by Crippen LogP contribution is -2.42. The fourth-order valence-corrected chi connectivity index (χ4v) is 4.13. The minimum absolute atomic E-state index is 0.0460. The first-order chi connectivity index (χ1) is 18.5. The molecule has 3 heterocycles. The zero-order valence-electron chi connectivity index (χ0n) is 22.3. The monoisotopic (exact) mass is 520 g/mol. The normalized spacial score (nSPS) is 12.1. The zero-order chi connectivity index (χ0) is 27.0. The molecule has 1 atom stereocenters. The van der Waals surface area contributed by atoms with Crippen molar-refractivity contribution in [3.63, 3.8) is 0 Å². The van der Waals surface area contributed by atoms with Gasteiger partial charge in [-0.15, -0.1) is 0 Å². The van der Waals surface area contributed by atoms with Gasteiger partial charge in [0.05, 0.1) is 36.3 Å². The number of pyridine rings is 3. The van der Waals surface area contributed by atoms with Crippen molar-refractivity contribution in [3.05, 3.63) is 90.3 Å². The Hall–Kier alpha value is -3.24. The number of rotatable bonds is 17. The van der Waals surface area contributed by atoms with Gasteiger partial charge in [0.1, 0.15) is 0 Å². The second-order valence-electron chi connectivity index (χ2n) is 9.53. The molecule has 1 amide bonds. The highest BCUT2D eigenvalue weighted by molar-refractivity contribution is 5.77. The largest absolute Gasteiger partial charge is 0.394 e. The smallest absolute Gasteiger partial charge is 0.236 e. The van der Waals surface area contributed by atoms with Crippen LogP contribution in [0.1, 0.15) is 36.3 Å². The van der Waals surface area contributed by atoms with E-state index in [-0.39, 0.29) is 19.1 Å². The third-order valence-electron chi connectivity index (χ3n) is 6.34. The molecule has 0 radical (unpaired) electrons. The van der Waals surface area contributed by atoms with Crippen LogP contribution in [0.5, 0.6) is 0 Å². The molecule has 0 aromatic carbocycles. The van der Waals surface area contributed by atoms with Crippen molar-refractivity contribution in [1.29, 1.82) is 0 Å². The van der Waals surface area contributed by atoms with Gasteiger partial charge in [-0.1, -0.05) is 18.2 Å². The molecule has 3 rings (SSSR count). The van der Waals surface area contributed by atoms with Crippen molar-refractivity contribution in [2.45, 2.75) is 45.0 Å². The number of aliphatic hydroxyl groups is 2. The number of unbranched alkanes of at least 4 members (excludes halogenated alkanes) is 1. The Labute approximate surface area is 225 Å². The third-order valence-corrected chi connectivity index (χ3v) is 6.34. The van der Waals surface area contributed by atoms with Crippen LogP contribution in [-0.4, -0.2) is 91.7 Å². The van der Waals surface area contributed by atoms with Gasteiger partial charge in [0.2, 0.25) is 5.91 Å². The molecule has 0 fully saturated rings. The van der Waals surface area contributed by atoms with Crippen LogP contribution in [0.25, 0.3) is 0 Å². The van der Waals surface area contributed by atoms with Gasteiger partial charge in [0.15, 0.2) is 0 Å². The average molecular weight is 521 g/mol. The van der Waals surface area contributed by atoms with Gasteiger partial charge in [0.25, 0.3) is 0 Å². The Balaban J connectivity index is 1.63. The average Bonchev–Trinajstić information content (AvgIpc) is 2.95. The molecule has 9 heteroatoms. The van der Waals surface area contributed by atoms with E-state index in [2.05, 4.69) is 24.8 Å². The molecule has 9 nitrogen and oxygen atoms in total. The van der Waals surface area contributed by atoms with Gasteiger partial charge in [-0.05, 0) is 55.7 Å². The maximum absolute atomic E-state index is 13.1. The van der Waals surface area contributed by atoms with E-state index in [1.54, 1.807) is 23.5 Å². The highest BCUT2D eigenvalue weighted by atomic mass is 16.3. The molecule has 3 aromatic heterocycles. The quantitative estimate of drug-likeness (QED) is 0.261. The summed E-state index contributed by atoms with van der Waals surface area (Å²) in [5.74, 6) is 0.0460. The van der Waals surface area contributed by atoms with Crippen molar-refractivity contribution in [2.24, 2.45) is 0 Å². The number of likely N-dealkylation sites (N-methyl/N-ethyl adjacent to an activating group) is 1. The Morgan fingerprint density at radius 2 is 1.26 bits per heavy atom. The maximum atomic E-state index is 13.1. The molecule has 0 aliphatic rings. The van der Waals surface area contributed by atoms with Gasteiger partial charge < -0.3 is 15.1 Å². The molecule has 38 heavy (non-hydrogen) atoms. The number of carbonyl (C=O) groups excluding carboxylic acids is 1. The SMILES string of the molecule is CN(CCCCC(O)CO)C(=O)CN(CCN(Cc1ccccn1)Cc1ccccn1)Cc1ccccn1. The van der Waals surface area contributed by atoms with Gasteiger partial charge in [-0.3, -0.25) is 29.5 Å². The van der Waals surface area contributed by atoms with Crippen LogP contribution >= 0.6 is 0 Å². The summed E-state index contributed by atoms with van der Waals surface area (Å²) in [5, 5.41) is 18.5. The Morgan fingerprint density at radius 1 is 0.763 bits per heavy atom. The second kappa shape index (κ2) is 16.6. The van der Waals surface area contributed by atoms with Crippen LogP contribution in [0.15, 0.2) is 73.2 Å². The van der Waals surface area contributed by atoms with Crippen molar-refractivity contribution in [2.75, 3.05) is 39.8 Å². The fraction of sp³-hybridized carbons (Fsp3) is 0.448. The van der Waals surface area contributed by atoms with Gasteiger partial charge in [0, 0.05) is 64.9 Å². The van der Waals surface area contributed by atoms with Gasteiger partial charge >= 0.3 is 0 Å². The van der Waals surface area contributed by atoms with Crippen LogP contribution < -0.4 is 0 Å². The van der Waals surface area contributed by atoms with Crippen molar-refractivity contribution in [3.8, 4) is 0 Å². The molecule has 0 aliphatic carbocycles. The van der Waals surface area contributed by atoms with E-state index in [1.807, 2.05) is 61.6 Å². The summed E-state index contributed by atoms with van der Waals surface area (Å²) in [6.07, 6.45) is 6.77. The fourth-order valence-electron chi connectivity index (χ4n) is 4.13. The van der Waals surface area contributed by atoms with E-state index < -0.39 is 6.10 Å². The lowest BCUT2D eigenvalue weighted by Gasteiger charge is -2.28. The molecule has 0 saturated carbocycles. The van der Waals surface area contributed by atoms with Crippen molar-refractivity contribution < 1.29 is 15.0 Å². The molecule has 204 valence electrons. The van der Waals surface area contributed by atoms with Crippen LogP contribution in [0.2, 0.25) is 0 Å². The van der Waals surface area contributed by atoms with Gasteiger partial charge in [-0.25, -0.2) is 0 Å². The Morgan fingerprint density at radius 3 is 1.74 bits per heavy atom. The van der Waals surface area contributed by atoms with E-state index in [0.29, 0.717) is 39.1 Å². The number of aromatic nitrogens is 3. The molecule has 3 aromatic rings. The zero-order valence-corrected chi connectivity index (χ0v) is 22.3. The summed E-state index contributed by atoms with van der Waals surface area (Å²) in [5.41, 5.74) is 2.89. The lowest BCUT2D eigenvalue weighted by molar-refractivity contribution is -0.131. The summed E-state index contributed by atoms with van der Waals surface area (Å²) in [6.45, 7) is 4.02. The molecule has 0 aliphatic heterocycles. The van der Waals surface area contributed by atoms with E-state index in [4.69, 9.17) is 5.11 Å². The minimum Gasteiger partial charge on any atom is -0.394 e. The number of hydrogen-bond acceptors (Lipinski definition) is 8. The van der Waals surface area contributed by atoms with E-state index >= 15 is 0 Å². The molecule has 0 spiro atoms. The Bertz CT molecular complexity index is 1000.